The number of hydrogen-bond donors (Lipinski definition) is 0. The van der Waals surface area contributed by atoms with Gasteiger partial charge >= 0.3 is 0 Å². The van der Waals surface area contributed by atoms with Gasteiger partial charge < -0.3 is 9.80 Å². The molecule has 0 radical (unpaired) electrons. The molecule has 2 saturated heterocycles. The monoisotopic (exact) mass is 480 g/mol. The number of carbonyl (C=O) groups excluding carboxylic acids is 2. The Kier molecular flexibility index (Phi) is 6.63. The molecule has 0 N–H and O–H groups in total. The second-order valence-electron chi connectivity index (χ2n) is 9.63. The van der Waals surface area contributed by atoms with E-state index >= 15 is 0 Å². The van der Waals surface area contributed by atoms with Gasteiger partial charge in [0.2, 0.25) is 16.8 Å². The standard InChI is InChI=1S/C25H32N6O2S/c1-17-7-3-5-13-29(17)22(32)15-19-9-11-20(12-10-19)24-28-31-21(26-27-25(31)34-24)16-23(33)30-14-6-4-8-18(30)2/h9-12,17-18H,3-8,13-16H2,1-2H3. The van der Waals surface area contributed by atoms with Crippen molar-refractivity contribution in [1.29, 1.82) is 0 Å². The van der Waals surface area contributed by atoms with Crippen molar-refractivity contribution >= 4 is 28.1 Å². The largest absolute Gasteiger partial charge is 0.340 e. The normalized spacial score (nSPS) is 21.2. The van der Waals surface area contributed by atoms with Crippen molar-refractivity contribution in [3.8, 4) is 10.6 Å². The molecule has 180 valence electrons. The van der Waals surface area contributed by atoms with Gasteiger partial charge in [0.1, 0.15) is 5.01 Å². The zero-order valence-corrected chi connectivity index (χ0v) is 20.8. The van der Waals surface area contributed by atoms with Crippen LogP contribution in [0.4, 0.5) is 0 Å². The van der Waals surface area contributed by atoms with Gasteiger partial charge in [-0.1, -0.05) is 35.6 Å². The minimum atomic E-state index is 0.0908. The first kappa shape index (κ1) is 23.0. The highest BCUT2D eigenvalue weighted by Crippen LogP contribution is 2.27. The van der Waals surface area contributed by atoms with Gasteiger partial charge in [0.15, 0.2) is 5.82 Å². The summed E-state index contributed by atoms with van der Waals surface area (Å²) in [6.45, 7) is 5.94. The Labute approximate surface area is 204 Å². The summed E-state index contributed by atoms with van der Waals surface area (Å²) in [5.41, 5.74) is 1.98. The number of piperidine rings is 2. The van der Waals surface area contributed by atoms with Crippen molar-refractivity contribution in [2.45, 2.75) is 77.3 Å². The van der Waals surface area contributed by atoms with E-state index in [1.54, 1.807) is 4.52 Å². The number of hydrogen-bond acceptors (Lipinski definition) is 6. The number of nitrogens with zero attached hydrogens (tertiary/aromatic N) is 6. The quantitative estimate of drug-likeness (QED) is 0.556. The number of amides is 2. The fraction of sp³-hybridized carbons (Fsp3) is 0.560. The van der Waals surface area contributed by atoms with Crippen LogP contribution in [0.3, 0.4) is 0 Å². The average molecular weight is 481 g/mol. The lowest BCUT2D eigenvalue weighted by atomic mass is 10.0. The third-order valence-corrected chi connectivity index (χ3v) is 8.12. The van der Waals surface area contributed by atoms with Crippen LogP contribution < -0.4 is 0 Å². The first-order valence-corrected chi connectivity index (χ1v) is 13.2. The van der Waals surface area contributed by atoms with Gasteiger partial charge in [-0.25, -0.2) is 0 Å². The van der Waals surface area contributed by atoms with Gasteiger partial charge in [-0.3, -0.25) is 9.59 Å². The molecule has 2 aromatic heterocycles. The Morgan fingerprint density at radius 3 is 2.12 bits per heavy atom. The van der Waals surface area contributed by atoms with Crippen LogP contribution in [0.5, 0.6) is 0 Å². The van der Waals surface area contributed by atoms with Crippen LogP contribution in [0.25, 0.3) is 15.5 Å². The first-order chi connectivity index (χ1) is 16.5. The summed E-state index contributed by atoms with van der Waals surface area (Å²) < 4.78 is 1.70. The number of aromatic nitrogens is 4. The van der Waals surface area contributed by atoms with Gasteiger partial charge in [0.25, 0.3) is 0 Å². The third kappa shape index (κ3) is 4.71. The fourth-order valence-electron chi connectivity index (χ4n) is 5.10. The number of carbonyl (C=O) groups is 2. The maximum Gasteiger partial charge on any atom is 0.234 e. The van der Waals surface area contributed by atoms with Crippen molar-refractivity contribution < 1.29 is 9.59 Å². The average Bonchev–Trinajstić information content (AvgIpc) is 3.42. The Bertz CT molecular complexity index is 1170. The van der Waals surface area contributed by atoms with Crippen LogP contribution in [0, 0.1) is 0 Å². The highest BCUT2D eigenvalue weighted by atomic mass is 32.1. The van der Waals surface area contributed by atoms with Gasteiger partial charge in [-0.15, -0.1) is 10.2 Å². The number of fused-ring (bicyclic) bond motifs is 1. The molecule has 34 heavy (non-hydrogen) atoms. The van der Waals surface area contributed by atoms with Gasteiger partial charge in [0.05, 0.1) is 12.8 Å². The number of rotatable bonds is 5. The van der Waals surface area contributed by atoms with Crippen molar-refractivity contribution in [2.24, 2.45) is 0 Å². The molecule has 2 aliphatic heterocycles. The van der Waals surface area contributed by atoms with E-state index in [9.17, 15) is 9.59 Å². The van der Waals surface area contributed by atoms with Crippen LogP contribution in [0.1, 0.15) is 63.8 Å². The van der Waals surface area contributed by atoms with Crippen LogP contribution in [0.2, 0.25) is 0 Å². The summed E-state index contributed by atoms with van der Waals surface area (Å²) in [7, 11) is 0. The predicted octanol–water partition coefficient (Wildman–Crippen LogP) is 3.74. The molecule has 0 saturated carbocycles. The summed E-state index contributed by atoms with van der Waals surface area (Å²) in [5, 5.41) is 14.0. The second-order valence-corrected chi connectivity index (χ2v) is 10.6. The Balaban J connectivity index is 1.27. The smallest absolute Gasteiger partial charge is 0.234 e. The maximum atomic E-state index is 12.8. The van der Waals surface area contributed by atoms with Crippen molar-refractivity contribution in [2.75, 3.05) is 13.1 Å². The molecule has 2 amide bonds. The fourth-order valence-corrected chi connectivity index (χ4v) is 5.96. The predicted molar refractivity (Wildman–Crippen MR) is 132 cm³/mol. The first-order valence-electron chi connectivity index (χ1n) is 12.4. The van der Waals surface area contributed by atoms with Crippen LogP contribution in [-0.4, -0.2) is 66.6 Å². The highest BCUT2D eigenvalue weighted by molar-refractivity contribution is 7.19. The molecule has 8 nitrogen and oxygen atoms in total. The van der Waals surface area contributed by atoms with E-state index in [0.29, 0.717) is 23.2 Å². The molecular weight excluding hydrogens is 448 g/mol. The van der Waals surface area contributed by atoms with E-state index in [2.05, 4.69) is 24.0 Å². The number of benzene rings is 1. The van der Waals surface area contributed by atoms with E-state index in [1.807, 2.05) is 34.1 Å². The van der Waals surface area contributed by atoms with Gasteiger partial charge in [0, 0.05) is 30.7 Å². The van der Waals surface area contributed by atoms with Crippen molar-refractivity contribution in [3.63, 3.8) is 0 Å². The third-order valence-electron chi connectivity index (χ3n) is 7.17. The second kappa shape index (κ2) is 9.82. The molecule has 2 aliphatic rings. The maximum absolute atomic E-state index is 12.8. The molecule has 3 aromatic rings. The lowest BCUT2D eigenvalue weighted by Gasteiger charge is -2.33. The minimum absolute atomic E-state index is 0.0908. The summed E-state index contributed by atoms with van der Waals surface area (Å²) in [4.78, 5) is 30.3. The molecule has 4 heterocycles. The molecule has 5 rings (SSSR count). The molecule has 0 bridgehead atoms. The molecule has 2 atom stereocenters. The summed E-state index contributed by atoms with van der Waals surface area (Å²) >= 11 is 1.46. The molecule has 2 fully saturated rings. The van der Waals surface area contributed by atoms with Crippen LogP contribution in [-0.2, 0) is 22.4 Å². The Hall–Kier alpha value is -2.81. The summed E-state index contributed by atoms with van der Waals surface area (Å²) in [5.74, 6) is 0.877. The van der Waals surface area contributed by atoms with E-state index in [-0.39, 0.29) is 24.3 Å². The molecular formula is C25H32N6O2S. The van der Waals surface area contributed by atoms with Crippen molar-refractivity contribution in [1.82, 2.24) is 29.6 Å². The van der Waals surface area contributed by atoms with E-state index in [0.717, 1.165) is 54.9 Å². The SMILES string of the molecule is CC1CCCCN1C(=O)Cc1ccc(-c2nn3c(CC(=O)N4CCCCC4C)nnc3s2)cc1. The molecule has 2 unspecified atom stereocenters. The number of likely N-dealkylation sites (tertiary alicyclic amines) is 2. The molecule has 1 aromatic carbocycles. The van der Waals surface area contributed by atoms with E-state index < -0.39 is 0 Å². The van der Waals surface area contributed by atoms with Crippen molar-refractivity contribution in [3.05, 3.63) is 35.7 Å². The van der Waals surface area contributed by atoms with Crippen LogP contribution >= 0.6 is 11.3 Å². The van der Waals surface area contributed by atoms with E-state index in [4.69, 9.17) is 5.10 Å². The molecule has 0 aliphatic carbocycles. The summed E-state index contributed by atoms with van der Waals surface area (Å²) in [6.07, 6.45) is 7.34. The van der Waals surface area contributed by atoms with Crippen LogP contribution in [0.15, 0.2) is 24.3 Å². The highest BCUT2D eigenvalue weighted by Gasteiger charge is 2.26. The molecule has 9 heteroatoms. The van der Waals surface area contributed by atoms with E-state index in [1.165, 1.54) is 24.2 Å². The topological polar surface area (TPSA) is 83.7 Å². The lowest BCUT2D eigenvalue weighted by molar-refractivity contribution is -0.134. The van der Waals surface area contributed by atoms with Gasteiger partial charge in [-0.2, -0.15) is 9.61 Å². The molecule has 0 spiro atoms. The zero-order valence-electron chi connectivity index (χ0n) is 19.9. The lowest BCUT2D eigenvalue weighted by Crippen LogP contribution is -2.43. The zero-order chi connectivity index (χ0) is 23.7. The van der Waals surface area contributed by atoms with Gasteiger partial charge in [-0.05, 0) is 57.9 Å². The minimum Gasteiger partial charge on any atom is -0.340 e. The Morgan fingerprint density at radius 2 is 1.50 bits per heavy atom. The Morgan fingerprint density at radius 1 is 0.882 bits per heavy atom. The summed E-state index contributed by atoms with van der Waals surface area (Å²) in [6, 6.07) is 8.64.